The third kappa shape index (κ3) is 5.91. The van der Waals surface area contributed by atoms with Gasteiger partial charge in [-0.05, 0) is 31.1 Å². The SMILES string of the molecule is CCNC(=O)NC(=O)[C@H]1N(C(=O)[C@H](CC2CCCC2)CN(O)C=O)CCC1(C)C. The van der Waals surface area contributed by atoms with E-state index in [0.717, 1.165) is 25.7 Å². The highest BCUT2D eigenvalue weighted by Gasteiger charge is 2.48. The van der Waals surface area contributed by atoms with Crippen LogP contribution in [0.3, 0.4) is 0 Å². The standard InChI is InChI=1S/C20H34N4O5/c1-4-21-19(28)22-17(26)16-20(2,3)9-10-24(16)18(27)15(12-23(29)13-25)11-14-7-5-6-8-14/h13-16,29H,4-12H2,1-3H3,(H2,21,22,26,28)/t15-,16-/m1/s1. The highest BCUT2D eigenvalue weighted by molar-refractivity contribution is 5.99. The van der Waals surface area contributed by atoms with Crippen LogP contribution in [0, 0.1) is 17.3 Å². The smallest absolute Gasteiger partial charge is 0.321 e. The average Bonchev–Trinajstić information content (AvgIpc) is 3.27. The molecule has 2 rings (SSSR count). The Morgan fingerprint density at radius 1 is 1.28 bits per heavy atom. The number of amides is 5. The molecule has 0 bridgehead atoms. The minimum absolute atomic E-state index is 0.0968. The first-order valence-electron chi connectivity index (χ1n) is 10.5. The van der Waals surface area contributed by atoms with E-state index in [-0.39, 0.29) is 12.5 Å². The first-order valence-corrected chi connectivity index (χ1v) is 10.5. The molecule has 9 nitrogen and oxygen atoms in total. The Morgan fingerprint density at radius 3 is 2.52 bits per heavy atom. The summed E-state index contributed by atoms with van der Waals surface area (Å²) in [6, 6.07) is -1.37. The fourth-order valence-corrected chi connectivity index (χ4v) is 4.62. The van der Waals surface area contributed by atoms with E-state index in [1.54, 1.807) is 6.92 Å². The Hall–Kier alpha value is -2.16. The van der Waals surface area contributed by atoms with Gasteiger partial charge in [-0.15, -0.1) is 0 Å². The zero-order chi connectivity index (χ0) is 21.6. The van der Waals surface area contributed by atoms with Gasteiger partial charge in [-0.25, -0.2) is 9.86 Å². The van der Waals surface area contributed by atoms with E-state index in [1.807, 2.05) is 13.8 Å². The van der Waals surface area contributed by atoms with Crippen LogP contribution in [0.1, 0.15) is 59.3 Å². The number of carbonyl (C=O) groups excluding carboxylic acids is 4. The van der Waals surface area contributed by atoms with Crippen LogP contribution in [0.4, 0.5) is 4.79 Å². The molecule has 1 saturated carbocycles. The molecule has 0 unspecified atom stereocenters. The van der Waals surface area contributed by atoms with E-state index < -0.39 is 29.3 Å². The molecule has 0 aromatic heterocycles. The lowest BCUT2D eigenvalue weighted by atomic mass is 9.83. The van der Waals surface area contributed by atoms with Gasteiger partial charge in [-0.2, -0.15) is 0 Å². The quantitative estimate of drug-likeness (QED) is 0.318. The van der Waals surface area contributed by atoms with Crippen molar-refractivity contribution in [3.63, 3.8) is 0 Å². The molecule has 0 spiro atoms. The van der Waals surface area contributed by atoms with Crippen LogP contribution in [-0.2, 0) is 14.4 Å². The van der Waals surface area contributed by atoms with Crippen molar-refractivity contribution in [1.82, 2.24) is 20.6 Å². The zero-order valence-corrected chi connectivity index (χ0v) is 17.6. The molecule has 1 heterocycles. The monoisotopic (exact) mass is 410 g/mol. The molecule has 2 aliphatic rings. The summed E-state index contributed by atoms with van der Waals surface area (Å²) in [6.07, 6.45) is 5.80. The van der Waals surface area contributed by atoms with Gasteiger partial charge >= 0.3 is 6.03 Å². The topological polar surface area (TPSA) is 119 Å². The van der Waals surface area contributed by atoms with Gasteiger partial charge in [-0.3, -0.25) is 24.9 Å². The largest absolute Gasteiger partial charge is 0.338 e. The molecule has 3 N–H and O–H groups in total. The normalized spacial score (nSPS) is 22.2. The van der Waals surface area contributed by atoms with Gasteiger partial charge in [0.05, 0.1) is 12.5 Å². The molecule has 0 aromatic rings. The number of nitrogens with one attached hydrogen (secondary N) is 2. The van der Waals surface area contributed by atoms with Crippen molar-refractivity contribution in [1.29, 1.82) is 0 Å². The average molecular weight is 411 g/mol. The molecular formula is C20H34N4O5. The summed E-state index contributed by atoms with van der Waals surface area (Å²) in [4.78, 5) is 50.5. The van der Waals surface area contributed by atoms with Crippen LogP contribution in [0.25, 0.3) is 0 Å². The van der Waals surface area contributed by atoms with Crippen molar-refractivity contribution < 1.29 is 24.4 Å². The van der Waals surface area contributed by atoms with Crippen molar-refractivity contribution in [3.8, 4) is 0 Å². The van der Waals surface area contributed by atoms with Gasteiger partial charge in [0.2, 0.25) is 12.3 Å². The molecule has 1 aliphatic heterocycles. The molecule has 9 heteroatoms. The first kappa shape index (κ1) is 23.1. The number of hydroxylamine groups is 2. The van der Waals surface area contributed by atoms with Crippen LogP contribution in [0.2, 0.25) is 0 Å². The summed E-state index contributed by atoms with van der Waals surface area (Å²) in [7, 11) is 0. The molecule has 2 atom stereocenters. The van der Waals surface area contributed by atoms with E-state index in [9.17, 15) is 24.4 Å². The van der Waals surface area contributed by atoms with Gasteiger partial charge in [0, 0.05) is 13.1 Å². The van der Waals surface area contributed by atoms with Gasteiger partial charge in [0.1, 0.15) is 6.04 Å². The Bertz CT molecular complexity index is 618. The number of nitrogens with zero attached hydrogens (tertiary/aromatic N) is 2. The van der Waals surface area contributed by atoms with E-state index in [4.69, 9.17) is 0 Å². The second-order valence-corrected chi connectivity index (χ2v) is 8.83. The van der Waals surface area contributed by atoms with E-state index >= 15 is 0 Å². The summed E-state index contributed by atoms with van der Waals surface area (Å²) in [5, 5.41) is 15.1. The number of imide groups is 1. The van der Waals surface area contributed by atoms with Crippen molar-refractivity contribution in [2.45, 2.75) is 65.3 Å². The Morgan fingerprint density at radius 2 is 1.93 bits per heavy atom. The minimum Gasteiger partial charge on any atom is -0.338 e. The number of likely N-dealkylation sites (tertiary alicyclic amines) is 1. The maximum Gasteiger partial charge on any atom is 0.321 e. The van der Waals surface area contributed by atoms with Gasteiger partial charge in [-0.1, -0.05) is 39.5 Å². The highest BCUT2D eigenvalue weighted by Crippen LogP contribution is 2.38. The summed E-state index contributed by atoms with van der Waals surface area (Å²) in [5.74, 6) is -0.966. The van der Waals surface area contributed by atoms with Crippen molar-refractivity contribution >= 4 is 24.3 Å². The third-order valence-corrected chi connectivity index (χ3v) is 6.13. The molecule has 29 heavy (non-hydrogen) atoms. The fraction of sp³-hybridized carbons (Fsp3) is 0.800. The predicted molar refractivity (Wildman–Crippen MR) is 106 cm³/mol. The van der Waals surface area contributed by atoms with Crippen LogP contribution in [-0.4, -0.2) is 65.1 Å². The van der Waals surface area contributed by atoms with Gasteiger partial charge in [0.25, 0.3) is 5.91 Å². The lowest BCUT2D eigenvalue weighted by Crippen LogP contribution is -2.55. The number of hydrogen-bond acceptors (Lipinski definition) is 5. The van der Waals surface area contributed by atoms with Crippen LogP contribution in [0.15, 0.2) is 0 Å². The maximum absolute atomic E-state index is 13.4. The van der Waals surface area contributed by atoms with E-state index in [0.29, 0.717) is 43.3 Å². The van der Waals surface area contributed by atoms with Crippen molar-refractivity contribution in [2.75, 3.05) is 19.6 Å². The van der Waals surface area contributed by atoms with E-state index in [1.165, 1.54) is 4.90 Å². The molecule has 1 saturated heterocycles. The van der Waals surface area contributed by atoms with Gasteiger partial charge < -0.3 is 10.2 Å². The number of rotatable bonds is 8. The highest BCUT2D eigenvalue weighted by atomic mass is 16.5. The fourth-order valence-electron chi connectivity index (χ4n) is 4.62. The van der Waals surface area contributed by atoms with E-state index in [2.05, 4.69) is 10.6 Å². The Labute approximate surface area is 172 Å². The predicted octanol–water partition coefficient (Wildman–Crippen LogP) is 1.50. The third-order valence-electron chi connectivity index (χ3n) is 6.13. The Kier molecular flexibility index (Phi) is 8.01. The molecular weight excluding hydrogens is 376 g/mol. The van der Waals surface area contributed by atoms with Crippen LogP contribution in [0.5, 0.6) is 0 Å². The zero-order valence-electron chi connectivity index (χ0n) is 17.6. The first-order chi connectivity index (χ1) is 13.7. The maximum atomic E-state index is 13.4. The van der Waals surface area contributed by atoms with Crippen LogP contribution < -0.4 is 10.6 Å². The summed E-state index contributed by atoms with van der Waals surface area (Å²) < 4.78 is 0. The van der Waals surface area contributed by atoms with Crippen LogP contribution >= 0.6 is 0 Å². The van der Waals surface area contributed by atoms with Crippen molar-refractivity contribution in [2.24, 2.45) is 17.3 Å². The number of hydrogen-bond donors (Lipinski definition) is 3. The lowest BCUT2D eigenvalue weighted by molar-refractivity contribution is -0.158. The summed E-state index contributed by atoms with van der Waals surface area (Å²) >= 11 is 0. The molecule has 5 amide bonds. The molecule has 164 valence electrons. The second kappa shape index (κ2) is 10.0. The number of urea groups is 1. The molecule has 1 aliphatic carbocycles. The molecule has 0 radical (unpaired) electrons. The van der Waals surface area contributed by atoms with Gasteiger partial charge in [0.15, 0.2) is 0 Å². The second-order valence-electron chi connectivity index (χ2n) is 8.83. The Balaban J connectivity index is 2.18. The number of carbonyl (C=O) groups is 4. The molecule has 0 aromatic carbocycles. The summed E-state index contributed by atoms with van der Waals surface area (Å²) in [5.41, 5.74) is -0.492. The lowest BCUT2D eigenvalue weighted by Gasteiger charge is -2.34. The summed E-state index contributed by atoms with van der Waals surface area (Å²) in [6.45, 7) is 6.24. The molecule has 2 fully saturated rings. The van der Waals surface area contributed by atoms with Crippen molar-refractivity contribution in [3.05, 3.63) is 0 Å². The minimum atomic E-state index is -0.785.